The van der Waals surface area contributed by atoms with E-state index in [0.717, 1.165) is 29.4 Å². The van der Waals surface area contributed by atoms with E-state index in [-0.39, 0.29) is 24.2 Å². The van der Waals surface area contributed by atoms with Crippen LogP contribution in [-0.2, 0) is 27.7 Å². The van der Waals surface area contributed by atoms with Gasteiger partial charge in [-0.2, -0.15) is 4.98 Å². The number of aliphatic hydroxyl groups excluding tert-OH is 1. The number of fused-ring (bicyclic) bond motifs is 2. The van der Waals surface area contributed by atoms with E-state index in [1.165, 1.54) is 9.13 Å². The Morgan fingerprint density at radius 1 is 1.10 bits per heavy atom. The third-order valence-corrected chi connectivity index (χ3v) is 6.47. The fraction of sp³-hybridized carbons (Fsp3) is 0.409. The second-order valence-electron chi connectivity index (χ2n) is 8.46. The summed E-state index contributed by atoms with van der Waals surface area (Å²) < 4.78 is 6.40. The van der Waals surface area contributed by atoms with Crippen molar-refractivity contribution in [2.45, 2.75) is 38.0 Å². The number of anilines is 1. The topological polar surface area (TPSA) is 99.0 Å². The maximum Gasteiger partial charge on any atom is 0.332 e. The molecule has 162 valence electrons. The van der Waals surface area contributed by atoms with Gasteiger partial charge in [0.15, 0.2) is 11.2 Å². The normalized spacial score (nSPS) is 19.0. The summed E-state index contributed by atoms with van der Waals surface area (Å²) in [6, 6.07) is 10.1. The van der Waals surface area contributed by atoms with Gasteiger partial charge in [-0.05, 0) is 36.8 Å². The molecule has 0 unspecified atom stereocenters. The molecule has 0 spiro atoms. The van der Waals surface area contributed by atoms with Crippen molar-refractivity contribution in [2.24, 2.45) is 21.1 Å². The van der Waals surface area contributed by atoms with Crippen molar-refractivity contribution in [2.75, 3.05) is 5.32 Å². The van der Waals surface area contributed by atoms with Gasteiger partial charge in [0.1, 0.15) is 0 Å². The molecule has 0 saturated heterocycles. The summed E-state index contributed by atoms with van der Waals surface area (Å²) in [5.41, 5.74) is 1.89. The van der Waals surface area contributed by atoms with E-state index >= 15 is 0 Å². The second kappa shape index (κ2) is 7.12. The van der Waals surface area contributed by atoms with Gasteiger partial charge in [0.25, 0.3) is 5.56 Å². The number of para-hydroxylation sites is 1. The zero-order valence-electron chi connectivity index (χ0n) is 17.9. The van der Waals surface area contributed by atoms with Gasteiger partial charge in [-0.3, -0.25) is 13.9 Å². The molecule has 1 aromatic carbocycles. The van der Waals surface area contributed by atoms with Crippen molar-refractivity contribution in [3.05, 3.63) is 56.9 Å². The fourth-order valence-electron chi connectivity index (χ4n) is 4.64. The first kappa shape index (κ1) is 19.6. The van der Waals surface area contributed by atoms with Crippen LogP contribution in [0.4, 0.5) is 5.95 Å². The van der Waals surface area contributed by atoms with Gasteiger partial charge >= 0.3 is 5.69 Å². The molecule has 2 N–H and O–H groups in total. The first-order valence-corrected chi connectivity index (χ1v) is 10.5. The predicted molar refractivity (Wildman–Crippen MR) is 120 cm³/mol. The highest BCUT2D eigenvalue weighted by atomic mass is 16.3. The molecule has 0 aliphatic heterocycles. The van der Waals surface area contributed by atoms with Crippen LogP contribution in [0.1, 0.15) is 25.0 Å². The van der Waals surface area contributed by atoms with E-state index in [9.17, 15) is 14.7 Å². The molecule has 3 heterocycles. The maximum absolute atomic E-state index is 13.4. The summed E-state index contributed by atoms with van der Waals surface area (Å²) in [4.78, 5) is 31.0. The van der Waals surface area contributed by atoms with Crippen LogP contribution >= 0.6 is 0 Å². The van der Waals surface area contributed by atoms with Crippen molar-refractivity contribution in [1.29, 1.82) is 0 Å². The van der Waals surface area contributed by atoms with Crippen molar-refractivity contribution < 1.29 is 5.11 Å². The molecular formula is C22H26N6O3. The van der Waals surface area contributed by atoms with Gasteiger partial charge < -0.3 is 19.6 Å². The van der Waals surface area contributed by atoms with Gasteiger partial charge in [-0.15, -0.1) is 0 Å². The number of rotatable bonds is 4. The van der Waals surface area contributed by atoms with Crippen molar-refractivity contribution in [3.63, 3.8) is 0 Å². The highest BCUT2D eigenvalue weighted by Gasteiger charge is 2.25. The molecule has 1 aliphatic carbocycles. The van der Waals surface area contributed by atoms with Gasteiger partial charge in [0.05, 0.1) is 12.6 Å². The minimum atomic E-state index is -0.399. The monoisotopic (exact) mass is 422 g/mol. The van der Waals surface area contributed by atoms with Crippen molar-refractivity contribution >= 4 is 28.0 Å². The molecule has 3 aromatic heterocycles. The molecule has 9 heteroatoms. The van der Waals surface area contributed by atoms with Crippen molar-refractivity contribution in [1.82, 2.24) is 23.3 Å². The van der Waals surface area contributed by atoms with E-state index in [4.69, 9.17) is 0 Å². The first-order valence-electron chi connectivity index (χ1n) is 10.5. The number of hydrogen-bond donors (Lipinski definition) is 2. The van der Waals surface area contributed by atoms with E-state index in [0.29, 0.717) is 23.5 Å². The molecule has 4 aromatic rings. The number of imidazole rings is 1. The van der Waals surface area contributed by atoms with Crippen LogP contribution in [0, 0.1) is 0 Å². The van der Waals surface area contributed by atoms with E-state index in [2.05, 4.69) is 10.3 Å². The number of hydrogen-bond acceptors (Lipinski definition) is 5. The average Bonchev–Trinajstić information content (AvgIpc) is 3.41. The Morgan fingerprint density at radius 2 is 1.87 bits per heavy atom. The largest absolute Gasteiger partial charge is 0.393 e. The number of benzene rings is 1. The second-order valence-corrected chi connectivity index (χ2v) is 8.46. The number of aryl methyl sites for hydroxylation is 3. The van der Waals surface area contributed by atoms with Gasteiger partial charge in [-0.25, -0.2) is 4.79 Å². The standard InChI is InChI=1S/C22H26N6O3/c1-25-15(10-13-6-4-5-7-17(13)25)12-28-20(30)18-19(27(3)22(28)31)24-21(26(18)2)23-14-8-9-16(29)11-14/h4-7,10,14,16,29H,8-9,11-12H2,1-3H3,(H,23,24)/t14-,16+/m0/s1. The van der Waals surface area contributed by atoms with Crippen LogP contribution in [-0.4, -0.2) is 40.5 Å². The number of aliphatic hydroxyl groups is 1. The summed E-state index contributed by atoms with van der Waals surface area (Å²) in [6.07, 6.45) is 1.93. The molecule has 0 radical (unpaired) electrons. The highest BCUT2D eigenvalue weighted by molar-refractivity contribution is 5.81. The minimum Gasteiger partial charge on any atom is -0.393 e. The Morgan fingerprint density at radius 3 is 2.58 bits per heavy atom. The Kier molecular flexibility index (Phi) is 4.51. The quantitative estimate of drug-likeness (QED) is 0.517. The SMILES string of the molecule is Cn1c(Cn2c(=O)c3c(nc(N[C@H]4CC[C@@H](O)C4)n3C)n(C)c2=O)cc2ccccc21. The summed E-state index contributed by atoms with van der Waals surface area (Å²) in [6.45, 7) is 0.176. The lowest BCUT2D eigenvalue weighted by Gasteiger charge is -2.12. The number of aromatic nitrogens is 5. The van der Waals surface area contributed by atoms with Gasteiger partial charge in [0.2, 0.25) is 5.95 Å². The lowest BCUT2D eigenvalue weighted by molar-refractivity contribution is 0.182. The minimum absolute atomic E-state index is 0.0977. The van der Waals surface area contributed by atoms with Crippen LogP contribution in [0.15, 0.2) is 39.9 Å². The lowest BCUT2D eigenvalue weighted by Crippen LogP contribution is -2.40. The van der Waals surface area contributed by atoms with Crippen LogP contribution < -0.4 is 16.6 Å². The molecule has 2 atom stereocenters. The summed E-state index contributed by atoms with van der Waals surface area (Å²) in [7, 11) is 5.35. The third-order valence-electron chi connectivity index (χ3n) is 6.47. The zero-order chi connectivity index (χ0) is 21.9. The van der Waals surface area contributed by atoms with Gasteiger partial charge in [0, 0.05) is 38.4 Å². The summed E-state index contributed by atoms with van der Waals surface area (Å²) in [5, 5.41) is 14.2. The van der Waals surface area contributed by atoms with Crippen LogP contribution in [0.3, 0.4) is 0 Å². The molecule has 9 nitrogen and oxygen atoms in total. The van der Waals surface area contributed by atoms with Gasteiger partial charge in [-0.1, -0.05) is 18.2 Å². The van der Waals surface area contributed by atoms with E-state index in [1.54, 1.807) is 18.7 Å². The fourth-order valence-corrected chi connectivity index (χ4v) is 4.64. The molecule has 5 rings (SSSR count). The van der Waals surface area contributed by atoms with Crippen LogP contribution in [0.25, 0.3) is 22.1 Å². The molecule has 1 saturated carbocycles. The summed E-state index contributed by atoms with van der Waals surface area (Å²) in [5.74, 6) is 0.531. The smallest absolute Gasteiger partial charge is 0.332 e. The molecule has 0 bridgehead atoms. The highest BCUT2D eigenvalue weighted by Crippen LogP contribution is 2.24. The molecule has 31 heavy (non-hydrogen) atoms. The molecular weight excluding hydrogens is 396 g/mol. The first-order chi connectivity index (χ1) is 14.8. The Bertz CT molecular complexity index is 1420. The molecule has 1 fully saturated rings. The lowest BCUT2D eigenvalue weighted by atomic mass is 10.2. The predicted octanol–water partition coefficient (Wildman–Crippen LogP) is 1.30. The number of nitrogens with one attached hydrogen (secondary N) is 1. The Labute approximate surface area is 178 Å². The zero-order valence-corrected chi connectivity index (χ0v) is 17.9. The Balaban J connectivity index is 1.60. The van der Waals surface area contributed by atoms with Crippen molar-refractivity contribution in [3.8, 4) is 0 Å². The van der Waals surface area contributed by atoms with E-state index < -0.39 is 5.69 Å². The summed E-state index contributed by atoms with van der Waals surface area (Å²) >= 11 is 0. The average molecular weight is 422 g/mol. The third kappa shape index (κ3) is 3.07. The molecule has 1 aliphatic rings. The Hall–Kier alpha value is -3.33. The number of nitrogens with zero attached hydrogens (tertiary/aromatic N) is 5. The van der Waals surface area contributed by atoms with E-state index in [1.807, 2.05) is 41.9 Å². The maximum atomic E-state index is 13.4. The van der Waals surface area contributed by atoms with Crippen LogP contribution in [0.2, 0.25) is 0 Å². The molecule has 0 amide bonds. The van der Waals surface area contributed by atoms with Crippen LogP contribution in [0.5, 0.6) is 0 Å².